The van der Waals surface area contributed by atoms with E-state index in [0.29, 0.717) is 24.3 Å². The van der Waals surface area contributed by atoms with E-state index >= 15 is 0 Å². The van der Waals surface area contributed by atoms with Crippen LogP contribution in [0.1, 0.15) is 20.3 Å². The first-order valence-electron chi connectivity index (χ1n) is 6.87. The SMILES string of the molecule is CC(C)C1CCN(C(=O)CN2CCNCC2)C1. The normalized spacial score (nSPS) is 26.8. The smallest absolute Gasteiger partial charge is 0.236 e. The van der Waals surface area contributed by atoms with E-state index in [4.69, 9.17) is 0 Å². The van der Waals surface area contributed by atoms with Gasteiger partial charge in [0.2, 0.25) is 5.91 Å². The molecule has 2 aliphatic rings. The molecule has 0 aromatic rings. The van der Waals surface area contributed by atoms with Gasteiger partial charge >= 0.3 is 0 Å². The van der Waals surface area contributed by atoms with Crippen LogP contribution < -0.4 is 5.32 Å². The standard InChI is InChI=1S/C13H25N3O/c1-11(2)12-3-6-16(9-12)13(17)10-15-7-4-14-5-8-15/h11-12,14H,3-10H2,1-2H3. The topological polar surface area (TPSA) is 35.6 Å². The first-order valence-corrected chi connectivity index (χ1v) is 6.87. The molecule has 2 heterocycles. The van der Waals surface area contributed by atoms with Gasteiger partial charge in [-0.15, -0.1) is 0 Å². The van der Waals surface area contributed by atoms with E-state index in [9.17, 15) is 4.79 Å². The lowest BCUT2D eigenvalue weighted by atomic mass is 9.95. The number of rotatable bonds is 3. The van der Waals surface area contributed by atoms with Crippen molar-refractivity contribution in [1.82, 2.24) is 15.1 Å². The van der Waals surface area contributed by atoms with Crippen LogP contribution in [-0.2, 0) is 4.79 Å². The zero-order valence-corrected chi connectivity index (χ0v) is 11.1. The summed E-state index contributed by atoms with van der Waals surface area (Å²) in [6, 6.07) is 0. The molecule has 0 saturated carbocycles. The van der Waals surface area contributed by atoms with Crippen molar-refractivity contribution >= 4 is 5.91 Å². The first kappa shape index (κ1) is 12.8. The predicted octanol–water partition coefficient (Wildman–Crippen LogP) is 0.396. The van der Waals surface area contributed by atoms with Crippen LogP contribution in [0, 0.1) is 11.8 Å². The highest BCUT2D eigenvalue weighted by atomic mass is 16.2. The Balaban J connectivity index is 1.76. The first-order chi connectivity index (χ1) is 8.16. The molecule has 4 nitrogen and oxygen atoms in total. The Kier molecular flexibility index (Phi) is 4.40. The molecular weight excluding hydrogens is 214 g/mol. The van der Waals surface area contributed by atoms with E-state index < -0.39 is 0 Å². The molecule has 0 aromatic carbocycles. The van der Waals surface area contributed by atoms with Gasteiger partial charge in [-0.1, -0.05) is 13.8 Å². The summed E-state index contributed by atoms with van der Waals surface area (Å²) in [5.41, 5.74) is 0. The maximum atomic E-state index is 12.1. The number of carbonyl (C=O) groups is 1. The van der Waals surface area contributed by atoms with Crippen molar-refractivity contribution in [2.75, 3.05) is 45.8 Å². The second-order valence-electron chi connectivity index (χ2n) is 5.66. The monoisotopic (exact) mass is 239 g/mol. The van der Waals surface area contributed by atoms with Crippen LogP contribution >= 0.6 is 0 Å². The van der Waals surface area contributed by atoms with E-state index in [2.05, 4.69) is 29.0 Å². The van der Waals surface area contributed by atoms with Gasteiger partial charge in [-0.25, -0.2) is 0 Å². The van der Waals surface area contributed by atoms with Crippen LogP contribution in [0.15, 0.2) is 0 Å². The second-order valence-corrected chi connectivity index (χ2v) is 5.66. The molecule has 2 saturated heterocycles. The molecule has 17 heavy (non-hydrogen) atoms. The highest BCUT2D eigenvalue weighted by Gasteiger charge is 2.28. The van der Waals surface area contributed by atoms with Gasteiger partial charge in [-0.05, 0) is 18.3 Å². The molecule has 0 bridgehead atoms. The number of amides is 1. The molecular formula is C13H25N3O. The molecule has 0 radical (unpaired) electrons. The Labute approximate surface area is 104 Å². The van der Waals surface area contributed by atoms with Crippen molar-refractivity contribution in [3.05, 3.63) is 0 Å². The molecule has 2 rings (SSSR count). The summed E-state index contributed by atoms with van der Waals surface area (Å²) < 4.78 is 0. The summed E-state index contributed by atoms with van der Waals surface area (Å²) >= 11 is 0. The minimum atomic E-state index is 0.329. The quantitative estimate of drug-likeness (QED) is 0.774. The molecule has 0 aromatic heterocycles. The Morgan fingerprint density at radius 1 is 1.29 bits per heavy atom. The van der Waals surface area contributed by atoms with E-state index in [1.165, 1.54) is 6.42 Å². The van der Waals surface area contributed by atoms with Crippen LogP contribution in [0.5, 0.6) is 0 Å². The average Bonchev–Trinajstić information content (AvgIpc) is 2.79. The fraction of sp³-hybridized carbons (Fsp3) is 0.923. The zero-order chi connectivity index (χ0) is 12.3. The number of carbonyl (C=O) groups excluding carboxylic acids is 1. The van der Waals surface area contributed by atoms with Gasteiger partial charge in [0.05, 0.1) is 6.54 Å². The third kappa shape index (κ3) is 3.42. The van der Waals surface area contributed by atoms with Gasteiger partial charge in [0, 0.05) is 39.3 Å². The van der Waals surface area contributed by atoms with Crippen LogP contribution in [0.4, 0.5) is 0 Å². The molecule has 0 spiro atoms. The summed E-state index contributed by atoms with van der Waals surface area (Å²) in [5.74, 6) is 1.74. The molecule has 1 atom stereocenters. The maximum Gasteiger partial charge on any atom is 0.236 e. The molecule has 1 N–H and O–H groups in total. The Bertz CT molecular complexity index is 261. The van der Waals surface area contributed by atoms with Crippen LogP contribution in [0.25, 0.3) is 0 Å². The third-order valence-electron chi connectivity index (χ3n) is 4.09. The number of nitrogens with one attached hydrogen (secondary N) is 1. The van der Waals surface area contributed by atoms with Gasteiger partial charge in [0.1, 0.15) is 0 Å². The fourth-order valence-electron chi connectivity index (χ4n) is 2.72. The number of likely N-dealkylation sites (tertiary alicyclic amines) is 1. The molecule has 1 amide bonds. The number of piperazine rings is 1. The minimum Gasteiger partial charge on any atom is -0.341 e. The van der Waals surface area contributed by atoms with Gasteiger partial charge in [-0.2, -0.15) is 0 Å². The van der Waals surface area contributed by atoms with Gasteiger partial charge in [0.15, 0.2) is 0 Å². The van der Waals surface area contributed by atoms with E-state index in [1.54, 1.807) is 0 Å². The lowest BCUT2D eigenvalue weighted by molar-refractivity contribution is -0.131. The van der Waals surface area contributed by atoms with Gasteiger partial charge in [-0.3, -0.25) is 9.69 Å². The highest BCUT2D eigenvalue weighted by molar-refractivity contribution is 5.78. The van der Waals surface area contributed by atoms with Crippen molar-refractivity contribution in [2.45, 2.75) is 20.3 Å². The Morgan fingerprint density at radius 2 is 2.00 bits per heavy atom. The van der Waals surface area contributed by atoms with Gasteiger partial charge < -0.3 is 10.2 Å². The lowest BCUT2D eigenvalue weighted by Crippen LogP contribution is -2.48. The lowest BCUT2D eigenvalue weighted by Gasteiger charge is -2.28. The Morgan fingerprint density at radius 3 is 2.59 bits per heavy atom. The maximum absolute atomic E-state index is 12.1. The van der Waals surface area contributed by atoms with Gasteiger partial charge in [0.25, 0.3) is 0 Å². The highest BCUT2D eigenvalue weighted by Crippen LogP contribution is 2.23. The number of hydrogen-bond acceptors (Lipinski definition) is 3. The second kappa shape index (κ2) is 5.83. The summed E-state index contributed by atoms with van der Waals surface area (Å²) in [6.45, 7) is 11.1. The minimum absolute atomic E-state index is 0.329. The molecule has 4 heteroatoms. The van der Waals surface area contributed by atoms with Crippen LogP contribution in [0.3, 0.4) is 0 Å². The van der Waals surface area contributed by atoms with E-state index in [-0.39, 0.29) is 0 Å². The fourth-order valence-corrected chi connectivity index (χ4v) is 2.72. The summed E-state index contributed by atoms with van der Waals surface area (Å²) in [7, 11) is 0. The molecule has 0 aliphatic carbocycles. The van der Waals surface area contributed by atoms with Crippen LogP contribution in [0.2, 0.25) is 0 Å². The van der Waals surface area contributed by atoms with E-state index in [1.807, 2.05) is 0 Å². The molecule has 2 aliphatic heterocycles. The van der Waals surface area contributed by atoms with Crippen molar-refractivity contribution in [3.8, 4) is 0 Å². The van der Waals surface area contributed by atoms with Crippen molar-refractivity contribution < 1.29 is 4.79 Å². The van der Waals surface area contributed by atoms with Crippen molar-refractivity contribution in [1.29, 1.82) is 0 Å². The summed E-state index contributed by atoms with van der Waals surface area (Å²) in [6.07, 6.45) is 1.19. The van der Waals surface area contributed by atoms with E-state index in [0.717, 1.165) is 39.3 Å². The molecule has 2 fully saturated rings. The number of hydrogen-bond donors (Lipinski definition) is 1. The van der Waals surface area contributed by atoms with Crippen molar-refractivity contribution in [3.63, 3.8) is 0 Å². The third-order valence-corrected chi connectivity index (χ3v) is 4.09. The van der Waals surface area contributed by atoms with Crippen molar-refractivity contribution in [2.24, 2.45) is 11.8 Å². The van der Waals surface area contributed by atoms with Crippen LogP contribution in [-0.4, -0.2) is 61.5 Å². The molecule has 1 unspecified atom stereocenters. The summed E-state index contributed by atoms with van der Waals surface area (Å²) in [4.78, 5) is 16.5. The number of nitrogens with zero attached hydrogens (tertiary/aromatic N) is 2. The molecule has 98 valence electrons. The predicted molar refractivity (Wildman–Crippen MR) is 68.8 cm³/mol. The zero-order valence-electron chi connectivity index (χ0n) is 11.1. The Hall–Kier alpha value is -0.610. The average molecular weight is 239 g/mol. The summed E-state index contributed by atoms with van der Waals surface area (Å²) in [5, 5.41) is 3.31. The largest absolute Gasteiger partial charge is 0.341 e.